The monoisotopic (exact) mass is 292 g/mol. The Morgan fingerprint density at radius 1 is 1.35 bits per heavy atom. The Balaban J connectivity index is 2.48. The molecule has 0 atom stereocenters. The van der Waals surface area contributed by atoms with Crippen molar-refractivity contribution in [1.29, 1.82) is 0 Å². The lowest BCUT2D eigenvalue weighted by atomic mass is 10.2. The van der Waals surface area contributed by atoms with E-state index in [4.69, 9.17) is 11.6 Å². The van der Waals surface area contributed by atoms with Crippen molar-refractivity contribution in [3.05, 3.63) is 29.5 Å². The summed E-state index contributed by atoms with van der Waals surface area (Å²) in [6.07, 6.45) is 0.910. The van der Waals surface area contributed by atoms with Crippen LogP contribution in [0.1, 0.15) is 13.3 Å². The number of hydrogen-bond acceptors (Lipinski definition) is 4. The Morgan fingerprint density at radius 2 is 2.10 bits per heavy atom. The number of para-hydroxylation sites is 1. The number of aromatic nitrogens is 2. The van der Waals surface area contributed by atoms with E-state index < -0.39 is 0 Å². The number of nitrogens with zero attached hydrogens (tertiary/aromatic N) is 3. The summed E-state index contributed by atoms with van der Waals surface area (Å²) in [5.74, 6) is 0.642. The van der Waals surface area contributed by atoms with Crippen LogP contribution in [0.5, 0.6) is 0 Å². The van der Waals surface area contributed by atoms with Crippen molar-refractivity contribution in [2.75, 3.05) is 25.0 Å². The van der Waals surface area contributed by atoms with E-state index in [0.29, 0.717) is 5.82 Å². The highest BCUT2D eigenvalue weighted by Gasteiger charge is 2.15. The molecule has 0 radical (unpaired) electrons. The maximum Gasteiger partial charge on any atom is 0.239 e. The van der Waals surface area contributed by atoms with Crippen molar-refractivity contribution in [3.63, 3.8) is 0 Å². The highest BCUT2D eigenvalue weighted by Crippen LogP contribution is 2.25. The molecule has 2 aromatic rings. The Morgan fingerprint density at radius 3 is 2.80 bits per heavy atom. The van der Waals surface area contributed by atoms with Gasteiger partial charge in [-0.05, 0) is 30.2 Å². The second-order valence-electron chi connectivity index (χ2n) is 4.43. The van der Waals surface area contributed by atoms with Crippen LogP contribution >= 0.6 is 11.6 Å². The predicted molar refractivity (Wildman–Crippen MR) is 81.1 cm³/mol. The third kappa shape index (κ3) is 3.17. The molecule has 1 heterocycles. The van der Waals surface area contributed by atoms with Crippen LogP contribution < -0.4 is 10.2 Å². The summed E-state index contributed by atoms with van der Waals surface area (Å²) >= 11 is 5.99. The van der Waals surface area contributed by atoms with E-state index in [2.05, 4.69) is 22.2 Å². The van der Waals surface area contributed by atoms with Gasteiger partial charge in [-0.1, -0.05) is 19.1 Å². The topological polar surface area (TPSA) is 58.1 Å². The van der Waals surface area contributed by atoms with Gasteiger partial charge in [0.1, 0.15) is 5.82 Å². The summed E-state index contributed by atoms with van der Waals surface area (Å²) in [5.41, 5.74) is 0.778. The molecule has 20 heavy (non-hydrogen) atoms. The zero-order chi connectivity index (χ0) is 14.5. The van der Waals surface area contributed by atoms with Crippen molar-refractivity contribution >= 4 is 34.2 Å². The average Bonchev–Trinajstić information content (AvgIpc) is 2.45. The molecule has 2 rings (SSSR count). The van der Waals surface area contributed by atoms with Gasteiger partial charge in [0, 0.05) is 19.0 Å². The first-order chi connectivity index (χ1) is 9.65. The molecule has 0 aliphatic heterocycles. The Hall–Kier alpha value is -1.88. The quantitative estimate of drug-likeness (QED) is 0.859. The maximum atomic E-state index is 11.7. The maximum absolute atomic E-state index is 11.7. The summed E-state index contributed by atoms with van der Waals surface area (Å²) in [6.45, 7) is 3.04. The number of rotatable bonds is 5. The fourth-order valence-electron chi connectivity index (χ4n) is 2.06. The van der Waals surface area contributed by atoms with Crippen LogP contribution in [0.15, 0.2) is 24.3 Å². The Bertz CT molecular complexity index is 617. The third-order valence-corrected chi connectivity index (χ3v) is 3.13. The van der Waals surface area contributed by atoms with Crippen LogP contribution in [0, 0.1) is 0 Å². The first-order valence-electron chi connectivity index (χ1n) is 6.53. The minimum Gasteiger partial charge on any atom is -0.358 e. The van der Waals surface area contributed by atoms with E-state index in [0.717, 1.165) is 23.9 Å². The summed E-state index contributed by atoms with van der Waals surface area (Å²) in [7, 11) is 1.62. The van der Waals surface area contributed by atoms with Gasteiger partial charge in [-0.25, -0.2) is 4.98 Å². The van der Waals surface area contributed by atoms with Crippen molar-refractivity contribution in [3.8, 4) is 0 Å². The van der Waals surface area contributed by atoms with Crippen LogP contribution in [0.4, 0.5) is 5.82 Å². The zero-order valence-corrected chi connectivity index (χ0v) is 12.3. The SMILES string of the molecule is CCCN(CC(=O)NC)c1nc(Cl)nc2ccccc12. The van der Waals surface area contributed by atoms with Crippen LogP contribution in [0.2, 0.25) is 5.28 Å². The van der Waals surface area contributed by atoms with Crippen molar-refractivity contribution in [2.24, 2.45) is 0 Å². The van der Waals surface area contributed by atoms with Gasteiger partial charge in [-0.3, -0.25) is 4.79 Å². The predicted octanol–water partition coefficient (Wildman–Crippen LogP) is 2.25. The number of carbonyl (C=O) groups is 1. The zero-order valence-electron chi connectivity index (χ0n) is 11.6. The highest BCUT2D eigenvalue weighted by molar-refractivity contribution is 6.28. The summed E-state index contributed by atoms with van der Waals surface area (Å²) in [4.78, 5) is 22.1. The number of likely N-dealkylation sites (N-methyl/N-ethyl adjacent to an activating group) is 1. The normalized spacial score (nSPS) is 10.6. The molecule has 0 bridgehead atoms. The third-order valence-electron chi connectivity index (χ3n) is 2.96. The molecule has 0 fully saturated rings. The summed E-state index contributed by atoms with van der Waals surface area (Å²) in [5, 5.41) is 3.72. The van der Waals surface area contributed by atoms with Gasteiger partial charge in [-0.15, -0.1) is 0 Å². The second kappa shape index (κ2) is 6.52. The van der Waals surface area contributed by atoms with Gasteiger partial charge in [0.25, 0.3) is 0 Å². The van der Waals surface area contributed by atoms with Crippen LogP contribution in [0.3, 0.4) is 0 Å². The highest BCUT2D eigenvalue weighted by atomic mass is 35.5. The summed E-state index contributed by atoms with van der Waals surface area (Å²) in [6, 6.07) is 7.65. The Kier molecular flexibility index (Phi) is 4.74. The molecule has 6 heteroatoms. The van der Waals surface area contributed by atoms with Gasteiger partial charge in [0.15, 0.2) is 0 Å². The fraction of sp³-hybridized carbons (Fsp3) is 0.357. The van der Waals surface area contributed by atoms with Gasteiger partial charge in [-0.2, -0.15) is 4.98 Å². The molecule has 0 spiro atoms. The van der Waals surface area contributed by atoms with Crippen LogP contribution in [0.25, 0.3) is 10.9 Å². The first kappa shape index (κ1) is 14.5. The standard InChI is InChI=1S/C14H17ClN4O/c1-3-8-19(9-12(20)16-2)13-10-6-4-5-7-11(10)17-14(15)18-13/h4-7H,3,8-9H2,1-2H3,(H,16,20). The molecule has 5 nitrogen and oxygen atoms in total. The molecule has 0 aliphatic rings. The number of fused-ring (bicyclic) bond motifs is 1. The fourth-order valence-corrected chi connectivity index (χ4v) is 2.23. The lowest BCUT2D eigenvalue weighted by Crippen LogP contribution is -2.36. The molecular formula is C14H17ClN4O. The average molecular weight is 293 g/mol. The van der Waals surface area contributed by atoms with E-state index in [9.17, 15) is 4.79 Å². The van der Waals surface area contributed by atoms with E-state index >= 15 is 0 Å². The number of benzene rings is 1. The van der Waals surface area contributed by atoms with E-state index in [-0.39, 0.29) is 17.7 Å². The lowest BCUT2D eigenvalue weighted by Gasteiger charge is -2.23. The molecule has 1 aromatic carbocycles. The smallest absolute Gasteiger partial charge is 0.239 e. The molecule has 0 aliphatic carbocycles. The van der Waals surface area contributed by atoms with Gasteiger partial charge in [0.2, 0.25) is 11.2 Å². The molecule has 0 saturated carbocycles. The second-order valence-corrected chi connectivity index (χ2v) is 4.77. The number of anilines is 1. The molecule has 1 aromatic heterocycles. The molecule has 0 unspecified atom stereocenters. The van der Waals surface area contributed by atoms with Gasteiger partial charge in [0.05, 0.1) is 12.1 Å². The van der Waals surface area contributed by atoms with Crippen LogP contribution in [-0.2, 0) is 4.79 Å². The van der Waals surface area contributed by atoms with Gasteiger partial charge >= 0.3 is 0 Å². The number of amides is 1. The molecule has 1 N–H and O–H groups in total. The van der Waals surface area contributed by atoms with Crippen molar-refractivity contribution in [1.82, 2.24) is 15.3 Å². The van der Waals surface area contributed by atoms with Gasteiger partial charge < -0.3 is 10.2 Å². The van der Waals surface area contributed by atoms with E-state index in [1.165, 1.54) is 0 Å². The number of hydrogen-bond donors (Lipinski definition) is 1. The number of nitrogens with one attached hydrogen (secondary N) is 1. The molecule has 1 amide bonds. The first-order valence-corrected chi connectivity index (χ1v) is 6.91. The lowest BCUT2D eigenvalue weighted by molar-refractivity contribution is -0.119. The minimum atomic E-state index is -0.0581. The largest absolute Gasteiger partial charge is 0.358 e. The minimum absolute atomic E-state index is 0.0581. The molecule has 106 valence electrons. The molecular weight excluding hydrogens is 276 g/mol. The Labute approximate surface area is 123 Å². The van der Waals surface area contributed by atoms with Crippen LogP contribution in [-0.4, -0.2) is 36.0 Å². The summed E-state index contributed by atoms with van der Waals surface area (Å²) < 4.78 is 0. The van der Waals surface area contributed by atoms with E-state index in [1.807, 2.05) is 29.2 Å². The molecule has 0 saturated heterocycles. The number of halogens is 1. The van der Waals surface area contributed by atoms with E-state index in [1.54, 1.807) is 7.05 Å². The number of carbonyl (C=O) groups excluding carboxylic acids is 1. The van der Waals surface area contributed by atoms with Crippen molar-refractivity contribution < 1.29 is 4.79 Å². The van der Waals surface area contributed by atoms with Crippen molar-refractivity contribution in [2.45, 2.75) is 13.3 Å².